The lowest BCUT2D eigenvalue weighted by Gasteiger charge is -2.22. The van der Waals surface area contributed by atoms with Crippen LogP contribution in [0.5, 0.6) is 17.2 Å². The van der Waals surface area contributed by atoms with Crippen LogP contribution in [0, 0.1) is 0 Å². The molecule has 0 spiro atoms. The van der Waals surface area contributed by atoms with Gasteiger partial charge in [0.05, 0.1) is 39.0 Å². The molecule has 35 heavy (non-hydrogen) atoms. The molecular weight excluding hydrogens is 470 g/mol. The van der Waals surface area contributed by atoms with Crippen LogP contribution in [0.3, 0.4) is 0 Å². The zero-order chi connectivity index (χ0) is 25.3. The molecule has 184 valence electrons. The number of carbonyl (C=O) groups is 1. The predicted molar refractivity (Wildman–Crippen MR) is 132 cm³/mol. The Bertz CT molecular complexity index is 1280. The molecule has 3 aromatic rings. The first kappa shape index (κ1) is 25.7. The molecule has 10 heteroatoms. The molecule has 0 aliphatic rings. The van der Waals surface area contributed by atoms with Crippen molar-refractivity contribution in [3.8, 4) is 17.2 Å². The van der Waals surface area contributed by atoms with Gasteiger partial charge in [0.2, 0.25) is 10.0 Å². The van der Waals surface area contributed by atoms with Gasteiger partial charge in [0, 0.05) is 12.6 Å². The number of hydrogen-bond acceptors (Lipinski definition) is 7. The smallest absolute Gasteiger partial charge is 0.255 e. The van der Waals surface area contributed by atoms with E-state index < -0.39 is 22.5 Å². The summed E-state index contributed by atoms with van der Waals surface area (Å²) in [6.07, 6.45) is 1.45. The van der Waals surface area contributed by atoms with Gasteiger partial charge < -0.3 is 14.2 Å². The fourth-order valence-corrected chi connectivity index (χ4v) is 4.64. The lowest BCUT2D eigenvalue weighted by Crippen LogP contribution is -2.39. The SMILES string of the molecule is COc1cccc(/C=N\NC(=O)CN(Cc2ccccc2)S(=O)(=O)c2ccc(OC)c(OC)c2)c1. The van der Waals surface area contributed by atoms with Crippen molar-refractivity contribution in [2.45, 2.75) is 11.4 Å². The Morgan fingerprint density at radius 1 is 0.914 bits per heavy atom. The quantitative estimate of drug-likeness (QED) is 0.322. The number of methoxy groups -OCH3 is 3. The number of benzene rings is 3. The molecule has 0 radical (unpaired) electrons. The molecule has 0 heterocycles. The van der Waals surface area contributed by atoms with E-state index in [-0.39, 0.29) is 17.2 Å². The van der Waals surface area contributed by atoms with Gasteiger partial charge in [-0.15, -0.1) is 0 Å². The Kier molecular flexibility index (Phi) is 8.82. The molecule has 0 fully saturated rings. The van der Waals surface area contributed by atoms with E-state index in [9.17, 15) is 13.2 Å². The summed E-state index contributed by atoms with van der Waals surface area (Å²) < 4.78 is 43.7. The average Bonchev–Trinajstić information content (AvgIpc) is 2.88. The van der Waals surface area contributed by atoms with Crippen molar-refractivity contribution in [1.82, 2.24) is 9.73 Å². The maximum atomic E-state index is 13.5. The Morgan fingerprint density at radius 3 is 2.34 bits per heavy atom. The lowest BCUT2D eigenvalue weighted by molar-refractivity contribution is -0.121. The number of amides is 1. The van der Waals surface area contributed by atoms with Crippen LogP contribution >= 0.6 is 0 Å². The summed E-state index contributed by atoms with van der Waals surface area (Å²) in [6.45, 7) is -0.453. The predicted octanol–water partition coefficient (Wildman–Crippen LogP) is 3.05. The van der Waals surface area contributed by atoms with E-state index in [0.717, 1.165) is 9.87 Å². The third-order valence-corrected chi connectivity index (χ3v) is 6.80. The van der Waals surface area contributed by atoms with Crippen LogP contribution in [0.2, 0.25) is 0 Å². The molecule has 0 bridgehead atoms. The second-order valence-electron chi connectivity index (χ2n) is 7.35. The first-order valence-electron chi connectivity index (χ1n) is 10.6. The molecule has 1 amide bonds. The van der Waals surface area contributed by atoms with Gasteiger partial charge in [0.15, 0.2) is 11.5 Å². The van der Waals surface area contributed by atoms with Crippen molar-refractivity contribution in [3.05, 3.63) is 83.9 Å². The molecule has 0 aromatic heterocycles. The summed E-state index contributed by atoms with van der Waals surface area (Å²) in [5.74, 6) is 0.714. The fraction of sp³-hybridized carbons (Fsp3) is 0.200. The van der Waals surface area contributed by atoms with Crippen molar-refractivity contribution in [2.24, 2.45) is 5.10 Å². The van der Waals surface area contributed by atoms with Crippen LogP contribution in [0.4, 0.5) is 0 Å². The van der Waals surface area contributed by atoms with Gasteiger partial charge >= 0.3 is 0 Å². The van der Waals surface area contributed by atoms with Gasteiger partial charge in [-0.1, -0.05) is 42.5 Å². The minimum atomic E-state index is -4.07. The van der Waals surface area contributed by atoms with E-state index in [2.05, 4.69) is 10.5 Å². The van der Waals surface area contributed by atoms with Crippen molar-refractivity contribution < 1.29 is 27.4 Å². The third-order valence-electron chi connectivity index (χ3n) is 5.01. The molecule has 1 N–H and O–H groups in total. The highest BCUT2D eigenvalue weighted by molar-refractivity contribution is 7.89. The molecule has 0 saturated carbocycles. The second kappa shape index (κ2) is 12.0. The molecule has 0 atom stereocenters. The minimum Gasteiger partial charge on any atom is -0.497 e. The highest BCUT2D eigenvalue weighted by atomic mass is 32.2. The second-order valence-corrected chi connectivity index (χ2v) is 9.28. The van der Waals surface area contributed by atoms with Crippen LogP contribution in [0.25, 0.3) is 0 Å². The minimum absolute atomic E-state index is 0.00939. The number of rotatable bonds is 11. The van der Waals surface area contributed by atoms with Crippen molar-refractivity contribution in [3.63, 3.8) is 0 Å². The van der Waals surface area contributed by atoms with Gasteiger partial charge in [-0.25, -0.2) is 13.8 Å². The number of hydrazone groups is 1. The van der Waals surface area contributed by atoms with Gasteiger partial charge in [-0.3, -0.25) is 4.79 Å². The van der Waals surface area contributed by atoms with E-state index in [1.54, 1.807) is 55.6 Å². The molecule has 0 aliphatic carbocycles. The largest absolute Gasteiger partial charge is 0.497 e. The molecule has 0 unspecified atom stereocenters. The van der Waals surface area contributed by atoms with E-state index in [1.165, 1.54) is 38.6 Å². The Labute approximate surface area is 205 Å². The topological polar surface area (TPSA) is 107 Å². The van der Waals surface area contributed by atoms with Crippen LogP contribution in [-0.4, -0.2) is 52.7 Å². The molecule has 3 aromatic carbocycles. The molecule has 0 aliphatic heterocycles. The summed E-state index contributed by atoms with van der Waals surface area (Å²) in [5, 5.41) is 3.94. The van der Waals surface area contributed by atoms with Crippen LogP contribution in [0.1, 0.15) is 11.1 Å². The molecule has 9 nitrogen and oxygen atoms in total. The highest BCUT2D eigenvalue weighted by Crippen LogP contribution is 2.31. The monoisotopic (exact) mass is 497 g/mol. The number of ether oxygens (including phenoxy) is 3. The van der Waals surface area contributed by atoms with Gasteiger partial charge in [0.25, 0.3) is 5.91 Å². The summed E-state index contributed by atoms with van der Waals surface area (Å²) in [6, 6.07) is 20.4. The van der Waals surface area contributed by atoms with Gasteiger partial charge in [-0.05, 0) is 35.4 Å². The lowest BCUT2D eigenvalue weighted by atomic mass is 10.2. The normalized spacial score (nSPS) is 11.4. The Morgan fingerprint density at radius 2 is 1.66 bits per heavy atom. The maximum Gasteiger partial charge on any atom is 0.255 e. The Balaban J connectivity index is 1.82. The Hall–Kier alpha value is -3.89. The molecule has 3 rings (SSSR count). The first-order valence-corrected chi connectivity index (χ1v) is 12.0. The number of carbonyl (C=O) groups excluding carboxylic acids is 1. The van der Waals surface area contributed by atoms with Crippen LogP contribution < -0.4 is 19.6 Å². The maximum absolute atomic E-state index is 13.5. The van der Waals surface area contributed by atoms with Crippen LogP contribution in [0.15, 0.2) is 82.8 Å². The summed E-state index contributed by atoms with van der Waals surface area (Å²) in [4.78, 5) is 12.6. The summed E-state index contributed by atoms with van der Waals surface area (Å²) in [5.41, 5.74) is 3.83. The number of sulfonamides is 1. The standard InChI is InChI=1S/C25H27N3O6S/c1-32-21-11-7-10-20(14-21)16-26-27-25(29)18-28(17-19-8-5-4-6-9-19)35(30,31)22-12-13-23(33-2)24(15-22)34-3/h4-16H,17-18H2,1-3H3,(H,27,29)/b26-16-. The third kappa shape index (κ3) is 6.81. The zero-order valence-electron chi connectivity index (χ0n) is 19.7. The first-order chi connectivity index (χ1) is 16.9. The highest BCUT2D eigenvalue weighted by Gasteiger charge is 2.28. The summed E-state index contributed by atoms with van der Waals surface area (Å²) in [7, 11) is 0.367. The molecular formula is C25H27N3O6S. The van der Waals surface area contributed by atoms with E-state index in [0.29, 0.717) is 17.1 Å². The van der Waals surface area contributed by atoms with E-state index in [1.807, 2.05) is 6.07 Å². The van der Waals surface area contributed by atoms with Crippen LogP contribution in [-0.2, 0) is 21.4 Å². The number of nitrogens with zero attached hydrogens (tertiary/aromatic N) is 2. The number of hydrogen-bond donors (Lipinski definition) is 1. The summed E-state index contributed by atoms with van der Waals surface area (Å²) >= 11 is 0. The fourth-order valence-electron chi connectivity index (χ4n) is 3.24. The average molecular weight is 498 g/mol. The van der Waals surface area contributed by atoms with Crippen molar-refractivity contribution in [1.29, 1.82) is 0 Å². The van der Waals surface area contributed by atoms with Gasteiger partial charge in [0.1, 0.15) is 5.75 Å². The number of nitrogens with one attached hydrogen (secondary N) is 1. The van der Waals surface area contributed by atoms with Crippen molar-refractivity contribution >= 4 is 22.1 Å². The zero-order valence-corrected chi connectivity index (χ0v) is 20.5. The van der Waals surface area contributed by atoms with Gasteiger partial charge in [-0.2, -0.15) is 9.41 Å². The van der Waals surface area contributed by atoms with Crippen molar-refractivity contribution in [2.75, 3.05) is 27.9 Å². The molecule has 0 saturated heterocycles. The van der Waals surface area contributed by atoms with E-state index >= 15 is 0 Å². The van der Waals surface area contributed by atoms with E-state index in [4.69, 9.17) is 14.2 Å².